The molecule has 1 amide bonds. The van der Waals surface area contributed by atoms with Crippen LogP contribution in [0, 0.1) is 0 Å². The zero-order valence-corrected chi connectivity index (χ0v) is 14.3. The molecule has 0 aliphatic heterocycles. The van der Waals surface area contributed by atoms with Gasteiger partial charge in [-0.1, -0.05) is 26.0 Å². The summed E-state index contributed by atoms with van der Waals surface area (Å²) in [4.78, 5) is 24.0. The smallest absolute Gasteiger partial charge is 0.329 e. The van der Waals surface area contributed by atoms with Crippen LogP contribution in [0.4, 0.5) is 0 Å². The van der Waals surface area contributed by atoms with E-state index in [-0.39, 0.29) is 17.6 Å². The van der Waals surface area contributed by atoms with E-state index in [0.717, 1.165) is 12.0 Å². The first-order valence-electron chi connectivity index (χ1n) is 7.16. The molecule has 5 nitrogen and oxygen atoms in total. The van der Waals surface area contributed by atoms with Gasteiger partial charge in [0.1, 0.15) is 11.8 Å². The third-order valence-electron chi connectivity index (χ3n) is 3.61. The molecule has 0 heterocycles. The molecule has 1 N–H and O–H groups in total. The molecule has 0 aliphatic carbocycles. The van der Waals surface area contributed by atoms with Crippen molar-refractivity contribution in [2.45, 2.75) is 32.2 Å². The lowest BCUT2D eigenvalue weighted by atomic mass is 9.95. The number of esters is 1. The molecule has 0 fully saturated rings. The average Bonchev–Trinajstić information content (AvgIpc) is 2.56. The molecule has 1 rings (SSSR count). The van der Waals surface area contributed by atoms with Gasteiger partial charge in [-0.05, 0) is 24.0 Å². The number of carbonyl (C=O) groups is 2. The van der Waals surface area contributed by atoms with Gasteiger partial charge in [-0.25, -0.2) is 4.79 Å². The van der Waals surface area contributed by atoms with Crippen molar-refractivity contribution in [3.8, 4) is 5.75 Å². The largest absolute Gasteiger partial charge is 0.496 e. The zero-order chi connectivity index (χ0) is 16.7. The first-order valence-corrected chi connectivity index (χ1v) is 7.79. The molecule has 0 aliphatic rings. The standard InChI is InChI=1S/C16H23NO4S/c1-5-10(2)11-7-6-8-12(14(11)20-3)15(18)17-13(9-22)16(19)21-4/h6-8,10,13,22H,5,9H2,1-4H3,(H,17,18)/t10?,13-/m0/s1. The van der Waals surface area contributed by atoms with Crippen molar-refractivity contribution in [1.82, 2.24) is 5.32 Å². The number of para-hydroxylation sites is 1. The normalized spacial score (nSPS) is 13.1. The summed E-state index contributed by atoms with van der Waals surface area (Å²) in [7, 11) is 2.81. The van der Waals surface area contributed by atoms with Crippen molar-refractivity contribution in [3.05, 3.63) is 29.3 Å². The fraction of sp³-hybridized carbons (Fsp3) is 0.500. The quantitative estimate of drug-likeness (QED) is 0.597. The molecule has 0 saturated heterocycles. The molecule has 0 spiro atoms. The number of hydrogen-bond donors (Lipinski definition) is 2. The van der Waals surface area contributed by atoms with Crippen LogP contribution in [0.15, 0.2) is 18.2 Å². The van der Waals surface area contributed by atoms with Gasteiger partial charge in [-0.2, -0.15) is 12.6 Å². The maximum Gasteiger partial charge on any atom is 0.329 e. The summed E-state index contributed by atoms with van der Waals surface area (Å²) in [5, 5.41) is 2.62. The van der Waals surface area contributed by atoms with Crippen LogP contribution in [-0.4, -0.2) is 37.9 Å². The number of rotatable bonds is 7. The van der Waals surface area contributed by atoms with Crippen LogP contribution in [0.3, 0.4) is 0 Å². The number of nitrogens with one attached hydrogen (secondary N) is 1. The maximum absolute atomic E-state index is 12.4. The summed E-state index contributed by atoms with van der Waals surface area (Å²) in [6.45, 7) is 4.15. The van der Waals surface area contributed by atoms with E-state index in [2.05, 4.69) is 36.5 Å². The summed E-state index contributed by atoms with van der Waals surface area (Å²) in [5.74, 6) is 0.0548. The van der Waals surface area contributed by atoms with E-state index in [1.165, 1.54) is 14.2 Å². The van der Waals surface area contributed by atoms with Gasteiger partial charge in [0.2, 0.25) is 0 Å². The predicted octanol–water partition coefficient (Wildman–Crippen LogP) is 2.41. The predicted molar refractivity (Wildman–Crippen MR) is 88.8 cm³/mol. The minimum Gasteiger partial charge on any atom is -0.496 e. The van der Waals surface area contributed by atoms with Crippen molar-refractivity contribution >= 4 is 24.5 Å². The Morgan fingerprint density at radius 3 is 2.50 bits per heavy atom. The Labute approximate surface area is 136 Å². The number of amides is 1. The third-order valence-corrected chi connectivity index (χ3v) is 3.98. The highest BCUT2D eigenvalue weighted by atomic mass is 32.1. The topological polar surface area (TPSA) is 64.6 Å². The molecule has 1 unspecified atom stereocenters. The lowest BCUT2D eigenvalue weighted by Crippen LogP contribution is -2.43. The SMILES string of the molecule is CCC(C)c1cccc(C(=O)N[C@@H](CS)C(=O)OC)c1OC. The fourth-order valence-corrected chi connectivity index (χ4v) is 2.37. The van der Waals surface area contributed by atoms with Gasteiger partial charge in [0.25, 0.3) is 5.91 Å². The third kappa shape index (κ3) is 4.16. The Morgan fingerprint density at radius 2 is 2.00 bits per heavy atom. The monoisotopic (exact) mass is 325 g/mol. The number of thiol groups is 1. The Hall–Kier alpha value is -1.69. The van der Waals surface area contributed by atoms with Gasteiger partial charge in [0.15, 0.2) is 0 Å². The second-order valence-corrected chi connectivity index (χ2v) is 5.33. The first kappa shape index (κ1) is 18.4. The van der Waals surface area contributed by atoms with Crippen molar-refractivity contribution in [2.75, 3.05) is 20.0 Å². The van der Waals surface area contributed by atoms with Gasteiger partial charge in [0, 0.05) is 5.75 Å². The number of ether oxygens (including phenoxy) is 2. The average molecular weight is 325 g/mol. The number of benzene rings is 1. The van der Waals surface area contributed by atoms with Crippen molar-refractivity contribution < 1.29 is 19.1 Å². The Morgan fingerprint density at radius 1 is 1.32 bits per heavy atom. The molecule has 1 aromatic rings. The number of hydrogen-bond acceptors (Lipinski definition) is 5. The second kappa shape index (κ2) is 8.68. The first-order chi connectivity index (χ1) is 10.5. The van der Waals surface area contributed by atoms with Crippen LogP contribution in [0.5, 0.6) is 5.75 Å². The highest BCUT2D eigenvalue weighted by Crippen LogP contribution is 2.31. The summed E-state index contributed by atoms with van der Waals surface area (Å²) in [6, 6.07) is 4.64. The zero-order valence-electron chi connectivity index (χ0n) is 13.4. The van der Waals surface area contributed by atoms with Crippen LogP contribution in [0.1, 0.15) is 42.1 Å². The van der Waals surface area contributed by atoms with Gasteiger partial charge < -0.3 is 14.8 Å². The van der Waals surface area contributed by atoms with Gasteiger partial charge >= 0.3 is 5.97 Å². The minimum absolute atomic E-state index is 0.159. The molecule has 0 saturated carbocycles. The minimum atomic E-state index is -0.794. The van der Waals surface area contributed by atoms with Crippen molar-refractivity contribution in [2.24, 2.45) is 0 Å². The molecule has 0 bridgehead atoms. The van der Waals surface area contributed by atoms with E-state index >= 15 is 0 Å². The molecule has 22 heavy (non-hydrogen) atoms. The second-order valence-electron chi connectivity index (χ2n) is 4.97. The molecule has 2 atom stereocenters. The van der Waals surface area contributed by atoms with Gasteiger partial charge in [-0.15, -0.1) is 0 Å². The van der Waals surface area contributed by atoms with Crippen LogP contribution in [0.25, 0.3) is 0 Å². The molecule has 0 aromatic heterocycles. The summed E-state index contributed by atoms with van der Waals surface area (Å²) in [6.07, 6.45) is 0.933. The molecule has 6 heteroatoms. The summed E-state index contributed by atoms with van der Waals surface area (Å²) < 4.78 is 10.1. The van der Waals surface area contributed by atoms with E-state index < -0.39 is 12.0 Å². The highest BCUT2D eigenvalue weighted by molar-refractivity contribution is 7.80. The van der Waals surface area contributed by atoms with Crippen LogP contribution in [0.2, 0.25) is 0 Å². The Kier molecular flexibility index (Phi) is 7.24. The lowest BCUT2D eigenvalue weighted by Gasteiger charge is -2.19. The molecule has 122 valence electrons. The molecular formula is C16H23NO4S. The number of methoxy groups -OCH3 is 2. The molecular weight excluding hydrogens is 302 g/mol. The van der Waals surface area contributed by atoms with E-state index in [1.807, 2.05) is 12.1 Å². The Balaban J connectivity index is 3.10. The van der Waals surface area contributed by atoms with E-state index in [4.69, 9.17) is 4.74 Å². The maximum atomic E-state index is 12.4. The highest BCUT2D eigenvalue weighted by Gasteiger charge is 2.24. The van der Waals surface area contributed by atoms with E-state index in [9.17, 15) is 9.59 Å². The molecule has 0 radical (unpaired) electrons. The number of carbonyl (C=O) groups excluding carboxylic acids is 2. The van der Waals surface area contributed by atoms with Crippen LogP contribution >= 0.6 is 12.6 Å². The summed E-state index contributed by atoms with van der Waals surface area (Å²) >= 11 is 4.07. The lowest BCUT2D eigenvalue weighted by molar-refractivity contribution is -0.142. The van der Waals surface area contributed by atoms with Crippen LogP contribution in [-0.2, 0) is 9.53 Å². The van der Waals surface area contributed by atoms with Crippen LogP contribution < -0.4 is 10.1 Å². The molecule has 1 aromatic carbocycles. The van der Waals surface area contributed by atoms with Crippen molar-refractivity contribution in [1.29, 1.82) is 0 Å². The van der Waals surface area contributed by atoms with E-state index in [1.54, 1.807) is 6.07 Å². The van der Waals surface area contributed by atoms with E-state index in [0.29, 0.717) is 11.3 Å². The summed E-state index contributed by atoms with van der Waals surface area (Å²) in [5.41, 5.74) is 1.37. The van der Waals surface area contributed by atoms with Gasteiger partial charge in [-0.3, -0.25) is 4.79 Å². The Bertz CT molecular complexity index is 533. The van der Waals surface area contributed by atoms with Gasteiger partial charge in [0.05, 0.1) is 19.8 Å². The van der Waals surface area contributed by atoms with Crippen molar-refractivity contribution in [3.63, 3.8) is 0 Å². The fourth-order valence-electron chi connectivity index (χ4n) is 2.13.